The van der Waals surface area contributed by atoms with Crippen molar-refractivity contribution in [3.8, 4) is 0 Å². The highest BCUT2D eigenvalue weighted by Gasteiger charge is 2.30. The Balaban J connectivity index is 1.59. The van der Waals surface area contributed by atoms with Crippen LogP contribution in [-0.4, -0.2) is 74.7 Å². The van der Waals surface area contributed by atoms with Gasteiger partial charge in [0.05, 0.1) is 5.56 Å². The second-order valence-electron chi connectivity index (χ2n) is 8.17. The molecule has 1 fully saturated rings. The molecule has 1 saturated heterocycles. The summed E-state index contributed by atoms with van der Waals surface area (Å²) in [5.74, 6) is -0.369. The van der Waals surface area contributed by atoms with Gasteiger partial charge in [0.2, 0.25) is 11.9 Å². The number of nitrogens with zero attached hydrogens (tertiary/aromatic N) is 6. The molecular weight excluding hydrogens is 418 g/mol. The van der Waals surface area contributed by atoms with Gasteiger partial charge in [-0.3, -0.25) is 0 Å². The summed E-state index contributed by atoms with van der Waals surface area (Å²) >= 11 is 0. The molecule has 0 aliphatic carbocycles. The minimum Gasteiger partial charge on any atom is -0.478 e. The van der Waals surface area contributed by atoms with Crippen molar-refractivity contribution in [3.05, 3.63) is 35.9 Å². The molecule has 0 bridgehead atoms. The first-order chi connectivity index (χ1) is 15.2. The van der Waals surface area contributed by atoms with Crippen LogP contribution in [0.2, 0.25) is 0 Å². The summed E-state index contributed by atoms with van der Waals surface area (Å²) in [7, 11) is 0. The monoisotopic (exact) mass is 443 g/mol. The smallest absolute Gasteiger partial charge is 0.407 e. The van der Waals surface area contributed by atoms with Gasteiger partial charge in [0.25, 0.3) is 0 Å². The molecule has 0 radical (unpaired) electrons. The number of amides is 1. The fourth-order valence-electron chi connectivity index (χ4n) is 3.03. The third-order valence-electron chi connectivity index (χ3n) is 4.53. The molecule has 170 valence electrons. The molecule has 1 aliphatic heterocycles. The van der Waals surface area contributed by atoms with E-state index in [0.717, 1.165) is 6.29 Å². The number of carbonyl (C=O) groups is 3. The first-order valence-corrected chi connectivity index (χ1v) is 9.96. The topological polar surface area (TPSA) is 151 Å². The Kier molecular flexibility index (Phi) is 6.81. The van der Waals surface area contributed by atoms with E-state index in [2.05, 4.69) is 25.3 Å². The van der Waals surface area contributed by atoms with Crippen LogP contribution in [0.4, 0.5) is 16.7 Å². The van der Waals surface area contributed by atoms with E-state index in [1.165, 1.54) is 12.4 Å². The number of carboxylic acid groups (broad SMARTS) is 1. The molecular formula is C20H25N7O5. The zero-order valence-electron chi connectivity index (χ0n) is 18.1. The second-order valence-corrected chi connectivity index (χ2v) is 8.17. The number of hydrogen-bond donors (Lipinski definition) is 2. The molecule has 0 spiro atoms. The number of piperazine rings is 1. The summed E-state index contributed by atoms with van der Waals surface area (Å²) in [5.41, 5.74) is 0.104. The number of aldehydes is 1. The maximum Gasteiger partial charge on any atom is 0.407 e. The van der Waals surface area contributed by atoms with Crippen molar-refractivity contribution >= 4 is 30.2 Å². The molecule has 2 aromatic heterocycles. The van der Waals surface area contributed by atoms with Crippen molar-refractivity contribution in [3.63, 3.8) is 0 Å². The standard InChI is InChI=1S/C20H25N7O5/c1-20(2,3)32-19(31)25-8-13-6-21-17(22-7-13)26-4-5-27(15(11-26)12-28)18-23-9-14(10-24-18)16(29)30/h6-7,9-10,12,15H,4-5,8,11H2,1-3H3,(H,25,31)(H,29,30)/t15-/m1/s1. The Morgan fingerprint density at radius 2 is 1.75 bits per heavy atom. The summed E-state index contributed by atoms with van der Waals surface area (Å²) in [4.78, 5) is 54.8. The van der Waals surface area contributed by atoms with E-state index in [4.69, 9.17) is 9.84 Å². The van der Waals surface area contributed by atoms with Gasteiger partial charge in [-0.25, -0.2) is 29.5 Å². The molecule has 12 heteroatoms. The molecule has 1 atom stereocenters. The van der Waals surface area contributed by atoms with E-state index >= 15 is 0 Å². The van der Waals surface area contributed by atoms with Crippen LogP contribution in [0.5, 0.6) is 0 Å². The number of aromatic carboxylic acids is 1. The number of aromatic nitrogens is 4. The van der Waals surface area contributed by atoms with Gasteiger partial charge in [0.1, 0.15) is 17.9 Å². The summed E-state index contributed by atoms with van der Waals surface area (Å²) in [6.07, 6.45) is 5.91. The maximum atomic E-state index is 11.8. The van der Waals surface area contributed by atoms with E-state index in [-0.39, 0.29) is 18.1 Å². The maximum absolute atomic E-state index is 11.8. The molecule has 2 N–H and O–H groups in total. The number of ether oxygens (including phenoxy) is 1. The third kappa shape index (κ3) is 5.86. The van der Waals surface area contributed by atoms with E-state index < -0.39 is 23.7 Å². The number of carboxylic acids is 1. The fraction of sp³-hybridized carbons (Fsp3) is 0.450. The van der Waals surface area contributed by atoms with Crippen molar-refractivity contribution in [1.82, 2.24) is 25.3 Å². The third-order valence-corrected chi connectivity index (χ3v) is 4.53. The van der Waals surface area contributed by atoms with Crippen LogP contribution >= 0.6 is 0 Å². The van der Waals surface area contributed by atoms with Gasteiger partial charge in [-0.05, 0) is 20.8 Å². The molecule has 1 amide bonds. The molecule has 12 nitrogen and oxygen atoms in total. The number of alkyl carbamates (subject to hydrolysis) is 1. The average Bonchev–Trinajstić information content (AvgIpc) is 2.76. The molecule has 3 heterocycles. The van der Waals surface area contributed by atoms with Crippen molar-refractivity contribution in [2.75, 3.05) is 29.4 Å². The van der Waals surface area contributed by atoms with Crippen LogP contribution in [0.1, 0.15) is 36.7 Å². The fourth-order valence-corrected chi connectivity index (χ4v) is 3.03. The van der Waals surface area contributed by atoms with Crippen molar-refractivity contribution < 1.29 is 24.2 Å². The molecule has 32 heavy (non-hydrogen) atoms. The molecule has 0 saturated carbocycles. The Morgan fingerprint density at radius 3 is 2.31 bits per heavy atom. The lowest BCUT2D eigenvalue weighted by atomic mass is 10.2. The van der Waals surface area contributed by atoms with Crippen LogP contribution in [0.15, 0.2) is 24.8 Å². The van der Waals surface area contributed by atoms with Gasteiger partial charge in [-0.2, -0.15) is 0 Å². The Labute approximate surface area is 184 Å². The number of nitrogens with one attached hydrogen (secondary N) is 1. The molecule has 3 rings (SSSR count). The summed E-state index contributed by atoms with van der Waals surface area (Å²) in [5, 5.41) is 11.6. The number of anilines is 2. The zero-order chi connectivity index (χ0) is 23.3. The minimum atomic E-state index is -1.12. The average molecular weight is 443 g/mol. The lowest BCUT2D eigenvalue weighted by Crippen LogP contribution is -2.55. The van der Waals surface area contributed by atoms with Crippen LogP contribution in [0, 0.1) is 0 Å². The second kappa shape index (κ2) is 9.54. The van der Waals surface area contributed by atoms with E-state index in [9.17, 15) is 14.4 Å². The van der Waals surface area contributed by atoms with Crippen LogP contribution < -0.4 is 15.1 Å². The first-order valence-electron chi connectivity index (χ1n) is 9.96. The Bertz CT molecular complexity index is 960. The Morgan fingerprint density at radius 1 is 1.12 bits per heavy atom. The van der Waals surface area contributed by atoms with Gasteiger partial charge in [-0.15, -0.1) is 0 Å². The van der Waals surface area contributed by atoms with E-state index in [0.29, 0.717) is 31.1 Å². The van der Waals surface area contributed by atoms with Crippen molar-refractivity contribution in [2.45, 2.75) is 39.0 Å². The normalized spacial score (nSPS) is 16.4. The van der Waals surface area contributed by atoms with Crippen LogP contribution in [-0.2, 0) is 16.1 Å². The quantitative estimate of drug-likeness (QED) is 0.612. The largest absolute Gasteiger partial charge is 0.478 e. The van der Waals surface area contributed by atoms with Gasteiger partial charge in [0.15, 0.2) is 0 Å². The molecule has 2 aromatic rings. The number of carbonyl (C=O) groups excluding carboxylic acids is 2. The van der Waals surface area contributed by atoms with E-state index in [1.807, 2.05) is 4.90 Å². The molecule has 0 aromatic carbocycles. The Hall–Kier alpha value is -3.83. The van der Waals surface area contributed by atoms with Gasteiger partial charge >= 0.3 is 12.1 Å². The molecule has 0 unspecified atom stereocenters. The highest BCUT2D eigenvalue weighted by molar-refractivity contribution is 5.86. The van der Waals surface area contributed by atoms with Crippen LogP contribution in [0.3, 0.4) is 0 Å². The highest BCUT2D eigenvalue weighted by Crippen LogP contribution is 2.19. The van der Waals surface area contributed by atoms with Gasteiger partial charge in [-0.1, -0.05) is 0 Å². The summed E-state index contributed by atoms with van der Waals surface area (Å²) in [6, 6.07) is -0.545. The lowest BCUT2D eigenvalue weighted by Gasteiger charge is -2.38. The number of rotatable bonds is 6. The summed E-state index contributed by atoms with van der Waals surface area (Å²) in [6.45, 7) is 6.85. The van der Waals surface area contributed by atoms with Crippen LogP contribution in [0.25, 0.3) is 0 Å². The first kappa shape index (κ1) is 22.8. The minimum absolute atomic E-state index is 0.0234. The lowest BCUT2D eigenvalue weighted by molar-refractivity contribution is -0.109. The van der Waals surface area contributed by atoms with Gasteiger partial charge < -0.3 is 29.8 Å². The molecule has 1 aliphatic rings. The number of hydrogen-bond acceptors (Lipinski definition) is 10. The van der Waals surface area contributed by atoms with Crippen molar-refractivity contribution in [1.29, 1.82) is 0 Å². The zero-order valence-corrected chi connectivity index (χ0v) is 18.1. The predicted molar refractivity (Wildman–Crippen MR) is 114 cm³/mol. The highest BCUT2D eigenvalue weighted by atomic mass is 16.6. The summed E-state index contributed by atoms with van der Waals surface area (Å²) < 4.78 is 5.19. The predicted octanol–water partition coefficient (Wildman–Crippen LogP) is 0.884. The van der Waals surface area contributed by atoms with Gasteiger partial charge in [0, 0.05) is 56.5 Å². The SMILES string of the molecule is CC(C)(C)OC(=O)NCc1cnc(N2CCN(c3ncc(C(=O)O)cn3)[C@@H](C=O)C2)nc1. The van der Waals surface area contributed by atoms with Crippen molar-refractivity contribution in [2.24, 2.45) is 0 Å². The van der Waals surface area contributed by atoms with E-state index in [1.54, 1.807) is 38.1 Å².